The molecule has 0 aromatic heterocycles. The summed E-state index contributed by atoms with van der Waals surface area (Å²) in [5, 5.41) is 17.6. The average molecular weight is 392 g/mol. The first-order valence-electron chi connectivity index (χ1n) is 1.91. The van der Waals surface area contributed by atoms with Crippen LogP contribution in [0.2, 0.25) is 0 Å². The van der Waals surface area contributed by atoms with Crippen molar-refractivity contribution in [1.29, 1.82) is 0 Å². The van der Waals surface area contributed by atoms with Crippen molar-refractivity contribution in [2.45, 2.75) is 13.3 Å². The van der Waals surface area contributed by atoms with Gasteiger partial charge in [-0.15, -0.1) is 0 Å². The van der Waals surface area contributed by atoms with E-state index < -0.39 is 9.52 Å². The zero-order valence-corrected chi connectivity index (χ0v) is 10.4. The van der Waals surface area contributed by atoms with Crippen LogP contribution in [0.25, 0.3) is 0 Å². The number of aliphatic hydroxyl groups is 2. The molecule has 0 aliphatic rings. The van der Waals surface area contributed by atoms with Crippen molar-refractivity contribution in [2.75, 3.05) is 0 Å². The molecule has 0 rings (SSSR count). The lowest BCUT2D eigenvalue weighted by atomic mass is 10.5. The van der Waals surface area contributed by atoms with Crippen molar-refractivity contribution >= 4 is 63.7 Å². The highest BCUT2D eigenvalue weighted by atomic mass is 79.9. The van der Waals surface area contributed by atoms with Gasteiger partial charge in [0.05, 0.1) is 3.74 Å². The molecule has 9 heavy (non-hydrogen) atoms. The van der Waals surface area contributed by atoms with Crippen LogP contribution >= 0.6 is 63.7 Å². The molecule has 0 aromatic carbocycles. The fraction of sp³-hybridized carbons (Fsp3) is 1.00. The fourth-order valence-corrected chi connectivity index (χ4v) is 1.87. The number of alkyl halides is 4. The van der Waals surface area contributed by atoms with E-state index in [4.69, 9.17) is 10.2 Å². The Kier molecular flexibility index (Phi) is 4.84. The summed E-state index contributed by atoms with van der Waals surface area (Å²) in [7, 11) is 0. The van der Waals surface area contributed by atoms with Gasteiger partial charge in [0.15, 0.2) is 0 Å². The Morgan fingerprint density at radius 2 is 1.44 bits per heavy atom. The molecule has 2 nitrogen and oxygen atoms in total. The predicted molar refractivity (Wildman–Crippen MR) is 50.5 cm³/mol. The summed E-state index contributed by atoms with van der Waals surface area (Å²) < 4.78 is -2.08. The zero-order chi connectivity index (χ0) is 7.65. The van der Waals surface area contributed by atoms with Crippen molar-refractivity contribution in [3.8, 4) is 0 Å². The van der Waals surface area contributed by atoms with Crippen LogP contribution in [0, 0.1) is 0 Å². The lowest BCUT2D eigenvalue weighted by molar-refractivity contribution is -0.0640. The maximum absolute atomic E-state index is 8.82. The Bertz CT molecular complexity index is 88.3. The molecule has 2 N–H and O–H groups in total. The summed E-state index contributed by atoms with van der Waals surface area (Å²) in [6.07, 6.45) is 0. The van der Waals surface area contributed by atoms with E-state index in [2.05, 4.69) is 63.7 Å². The van der Waals surface area contributed by atoms with Crippen LogP contribution in [0.1, 0.15) is 0 Å². The SMILES string of the molecule is OC(O)(Br)C(Br)C(Br)Br. The second-order valence-corrected chi connectivity index (χ2v) is 6.73. The Morgan fingerprint density at radius 3 is 1.44 bits per heavy atom. The van der Waals surface area contributed by atoms with Crippen LogP contribution in [0.4, 0.5) is 0 Å². The molecule has 0 radical (unpaired) electrons. The third-order valence-corrected chi connectivity index (χ3v) is 5.32. The Morgan fingerprint density at radius 1 is 1.11 bits per heavy atom. The third-order valence-electron chi connectivity index (χ3n) is 0.572. The number of rotatable bonds is 2. The quantitative estimate of drug-likeness (QED) is 0.558. The summed E-state index contributed by atoms with van der Waals surface area (Å²) in [5.41, 5.74) is 0. The van der Waals surface area contributed by atoms with Gasteiger partial charge in [0.1, 0.15) is 4.83 Å². The standard InChI is InChI=1S/C3H4Br4O2/c4-1(2(5)6)3(7,8)9/h1-2,8-9H. The second kappa shape index (κ2) is 4.01. The average Bonchev–Trinajstić information content (AvgIpc) is 1.62. The Balaban J connectivity index is 3.88. The molecular weight excluding hydrogens is 388 g/mol. The van der Waals surface area contributed by atoms with Crippen LogP contribution in [0.15, 0.2) is 0 Å². The molecule has 0 aliphatic heterocycles. The zero-order valence-electron chi connectivity index (χ0n) is 4.06. The lowest BCUT2D eigenvalue weighted by Gasteiger charge is -2.21. The minimum absolute atomic E-state index is 0.195. The first-order valence-corrected chi connectivity index (χ1v) is 5.45. The minimum atomic E-state index is -1.88. The molecule has 0 aliphatic carbocycles. The van der Waals surface area contributed by atoms with Crippen molar-refractivity contribution in [3.05, 3.63) is 0 Å². The summed E-state index contributed by atoms with van der Waals surface area (Å²) in [6.45, 7) is 0. The topological polar surface area (TPSA) is 40.5 Å². The van der Waals surface area contributed by atoms with Gasteiger partial charge in [0.2, 0.25) is 4.70 Å². The monoisotopic (exact) mass is 388 g/mol. The molecule has 0 spiro atoms. The van der Waals surface area contributed by atoms with Crippen molar-refractivity contribution in [2.24, 2.45) is 0 Å². The largest absolute Gasteiger partial charge is 0.356 e. The molecule has 0 bridgehead atoms. The van der Waals surface area contributed by atoms with Crippen molar-refractivity contribution in [3.63, 3.8) is 0 Å². The van der Waals surface area contributed by atoms with Gasteiger partial charge in [0, 0.05) is 0 Å². The van der Waals surface area contributed by atoms with Gasteiger partial charge in [-0.25, -0.2) is 0 Å². The van der Waals surface area contributed by atoms with Gasteiger partial charge in [0.25, 0.3) is 0 Å². The summed E-state index contributed by atoms with van der Waals surface area (Å²) >= 11 is 11.9. The van der Waals surface area contributed by atoms with E-state index in [1.54, 1.807) is 0 Å². The van der Waals surface area contributed by atoms with Gasteiger partial charge < -0.3 is 10.2 Å². The van der Waals surface area contributed by atoms with E-state index >= 15 is 0 Å². The maximum atomic E-state index is 8.82. The molecule has 0 saturated heterocycles. The van der Waals surface area contributed by atoms with Crippen LogP contribution in [-0.4, -0.2) is 23.5 Å². The molecule has 1 atom stereocenters. The minimum Gasteiger partial charge on any atom is -0.356 e. The first kappa shape index (κ1) is 10.8. The van der Waals surface area contributed by atoms with Crippen LogP contribution in [0.5, 0.6) is 0 Å². The second-order valence-electron chi connectivity index (χ2n) is 1.37. The van der Waals surface area contributed by atoms with Crippen LogP contribution in [-0.2, 0) is 0 Å². The number of halogens is 4. The molecular formula is C3H4Br4O2. The van der Waals surface area contributed by atoms with Crippen LogP contribution < -0.4 is 0 Å². The summed E-state index contributed by atoms with van der Waals surface area (Å²) in [6, 6.07) is 0. The summed E-state index contributed by atoms with van der Waals surface area (Å²) in [4.78, 5) is -0.509. The smallest absolute Gasteiger partial charge is 0.236 e. The molecule has 0 heterocycles. The number of hydrogen-bond donors (Lipinski definition) is 2. The van der Waals surface area contributed by atoms with E-state index in [1.807, 2.05) is 0 Å². The highest BCUT2D eigenvalue weighted by molar-refractivity contribution is 9.25. The van der Waals surface area contributed by atoms with Crippen molar-refractivity contribution < 1.29 is 10.2 Å². The van der Waals surface area contributed by atoms with E-state index in [0.29, 0.717) is 0 Å². The molecule has 0 saturated carbocycles. The highest BCUT2D eigenvalue weighted by Gasteiger charge is 2.33. The first-order chi connectivity index (χ1) is 3.85. The number of hydrogen-bond acceptors (Lipinski definition) is 2. The molecule has 1 unspecified atom stereocenters. The van der Waals surface area contributed by atoms with Gasteiger partial charge in [-0.05, 0) is 15.9 Å². The highest BCUT2D eigenvalue weighted by Crippen LogP contribution is 2.31. The normalized spacial score (nSPS) is 16.3. The molecule has 56 valence electrons. The molecule has 6 heteroatoms. The van der Waals surface area contributed by atoms with Gasteiger partial charge in [-0.2, -0.15) is 0 Å². The van der Waals surface area contributed by atoms with Gasteiger partial charge in [-0.3, -0.25) is 0 Å². The third kappa shape index (κ3) is 4.31. The summed E-state index contributed by atoms with van der Waals surface area (Å²) in [5.74, 6) is 0. The van der Waals surface area contributed by atoms with E-state index in [-0.39, 0.29) is 3.74 Å². The molecule has 0 amide bonds. The fourth-order valence-electron chi connectivity index (χ4n) is 0.160. The van der Waals surface area contributed by atoms with Crippen LogP contribution in [0.3, 0.4) is 0 Å². The predicted octanol–water partition coefficient (Wildman–Crippen LogP) is 1.90. The van der Waals surface area contributed by atoms with Crippen molar-refractivity contribution in [1.82, 2.24) is 0 Å². The van der Waals surface area contributed by atoms with Gasteiger partial charge in [-0.1, -0.05) is 47.8 Å². The van der Waals surface area contributed by atoms with E-state index in [9.17, 15) is 0 Å². The van der Waals surface area contributed by atoms with Gasteiger partial charge >= 0.3 is 0 Å². The van der Waals surface area contributed by atoms with E-state index in [0.717, 1.165) is 0 Å². The van der Waals surface area contributed by atoms with E-state index in [1.165, 1.54) is 0 Å². The Labute approximate surface area is 86.5 Å². The maximum Gasteiger partial charge on any atom is 0.236 e. The molecule has 0 aromatic rings. The molecule has 0 fully saturated rings. The Hall–Kier alpha value is 1.84. The lowest BCUT2D eigenvalue weighted by Crippen LogP contribution is -2.35.